The van der Waals surface area contributed by atoms with Gasteiger partial charge in [-0.2, -0.15) is 0 Å². The normalized spacial score (nSPS) is 17.6. The first kappa shape index (κ1) is 5.49. The van der Waals surface area contributed by atoms with Gasteiger partial charge in [0, 0.05) is 0 Å². The van der Waals surface area contributed by atoms with Crippen molar-refractivity contribution in [1.29, 1.82) is 0 Å². The summed E-state index contributed by atoms with van der Waals surface area (Å²) < 4.78 is 65.4. The van der Waals surface area contributed by atoms with Crippen LogP contribution in [0.2, 0.25) is 0 Å². The Kier molecular flexibility index (Phi) is 1.07. The summed E-state index contributed by atoms with van der Waals surface area (Å²) >= 11 is 0. The predicted octanol–water partition coefficient (Wildman–Crippen LogP) is 2.26. The van der Waals surface area contributed by atoms with Crippen LogP contribution in [0.1, 0.15) is 11.0 Å². The molecule has 3 heteroatoms. The first-order chi connectivity index (χ1) is 12.6. The summed E-state index contributed by atoms with van der Waals surface area (Å²) in [6.45, 7) is 0. The van der Waals surface area contributed by atoms with Crippen LogP contribution in [0.25, 0.3) is 32.3 Å². The molecule has 0 saturated carbocycles. The summed E-state index contributed by atoms with van der Waals surface area (Å²) in [5, 5.41) is 19.6. The van der Waals surface area contributed by atoms with E-state index < -0.39 is 43.4 Å². The van der Waals surface area contributed by atoms with Crippen LogP contribution in [-0.2, 0) is 0 Å². The Morgan fingerprint density at radius 2 is 1.53 bits per heavy atom. The average Bonchev–Trinajstić information content (AvgIpc) is 2.59. The molecule has 0 aliphatic heterocycles. The lowest BCUT2D eigenvalue weighted by molar-refractivity contribution is 0.426. The number of hydrogen-bond acceptors (Lipinski definition) is 2. The summed E-state index contributed by atoms with van der Waals surface area (Å²) in [6.07, 6.45) is 0. The number of rotatable bonds is 1. The van der Waals surface area contributed by atoms with E-state index in [1.54, 1.807) is 0 Å². The van der Waals surface area contributed by atoms with Crippen molar-refractivity contribution in [2.75, 3.05) is 0 Å². The molecule has 0 aliphatic rings. The van der Waals surface area contributed by atoms with Crippen molar-refractivity contribution in [2.45, 2.75) is 0 Å². The standard InChI is InChI=1S/C16H11BO2/c18-17(19)14-9-12-5-1-3-10-7-8-11-4-2-6-13(14)16(11)15(10)12/h1-9,18-19H/i1D,2D,3D,4D,5D,7D,8D,9D. The van der Waals surface area contributed by atoms with Gasteiger partial charge in [-0.15, -0.1) is 0 Å². The fourth-order valence-electron chi connectivity index (χ4n) is 2.39. The van der Waals surface area contributed by atoms with Crippen molar-refractivity contribution in [3.63, 3.8) is 0 Å². The van der Waals surface area contributed by atoms with Gasteiger partial charge in [0.15, 0.2) is 0 Å². The molecule has 90 valence electrons. The second-order valence-electron chi connectivity index (χ2n) is 4.24. The van der Waals surface area contributed by atoms with E-state index in [-0.39, 0.29) is 49.9 Å². The van der Waals surface area contributed by atoms with Crippen molar-refractivity contribution < 1.29 is 21.0 Å². The molecule has 0 aliphatic carbocycles. The Balaban J connectivity index is 2.58. The van der Waals surface area contributed by atoms with Crippen LogP contribution >= 0.6 is 0 Å². The van der Waals surface area contributed by atoms with Gasteiger partial charge in [0.2, 0.25) is 0 Å². The van der Waals surface area contributed by atoms with Crippen LogP contribution in [0.15, 0.2) is 54.4 Å². The summed E-state index contributed by atoms with van der Waals surface area (Å²) in [4.78, 5) is 0. The quantitative estimate of drug-likeness (QED) is 0.404. The Morgan fingerprint density at radius 1 is 0.842 bits per heavy atom. The molecule has 4 aromatic rings. The molecule has 4 aromatic carbocycles. The third-order valence-corrected chi connectivity index (χ3v) is 3.18. The summed E-state index contributed by atoms with van der Waals surface area (Å²) in [5.74, 6) is 0. The van der Waals surface area contributed by atoms with E-state index in [4.69, 9.17) is 11.0 Å². The first-order valence-corrected chi connectivity index (χ1v) is 5.63. The van der Waals surface area contributed by atoms with Crippen LogP contribution in [0.5, 0.6) is 0 Å². The second kappa shape index (κ2) is 3.70. The molecule has 0 atom stereocenters. The zero-order valence-electron chi connectivity index (χ0n) is 17.5. The van der Waals surface area contributed by atoms with E-state index in [0.717, 1.165) is 0 Å². The Bertz CT molecular complexity index is 1290. The van der Waals surface area contributed by atoms with E-state index in [2.05, 4.69) is 0 Å². The molecule has 2 nitrogen and oxygen atoms in total. The van der Waals surface area contributed by atoms with Gasteiger partial charge in [0.25, 0.3) is 0 Å². The topological polar surface area (TPSA) is 40.5 Å². The second-order valence-corrected chi connectivity index (χ2v) is 4.24. The summed E-state index contributed by atoms with van der Waals surface area (Å²) in [6, 6.07) is -2.21. The highest BCUT2D eigenvalue weighted by Crippen LogP contribution is 2.33. The summed E-state index contributed by atoms with van der Waals surface area (Å²) in [5.41, 5.74) is -0.301. The van der Waals surface area contributed by atoms with E-state index in [1.165, 1.54) is 6.07 Å². The van der Waals surface area contributed by atoms with Gasteiger partial charge in [-0.1, -0.05) is 54.4 Å². The molecule has 0 amide bonds. The fourth-order valence-corrected chi connectivity index (χ4v) is 2.39. The first-order valence-electron chi connectivity index (χ1n) is 9.63. The van der Waals surface area contributed by atoms with Gasteiger partial charge in [-0.3, -0.25) is 0 Å². The lowest BCUT2D eigenvalue weighted by Gasteiger charge is -2.14. The SMILES string of the molecule is [2H]c1cc2c(B(O)O)c([2H])c3c([2H])c([2H])c([2H])c4c([2H])c([2H])c(c1[2H])c2c34. The summed E-state index contributed by atoms with van der Waals surface area (Å²) in [7, 11) is -2.12. The molecule has 0 heterocycles. The van der Waals surface area contributed by atoms with Crippen molar-refractivity contribution in [2.24, 2.45) is 0 Å². The highest BCUT2D eigenvalue weighted by Gasteiger charge is 2.18. The van der Waals surface area contributed by atoms with Gasteiger partial charge in [0.05, 0.1) is 11.0 Å². The van der Waals surface area contributed by atoms with Crippen molar-refractivity contribution in [3.05, 3.63) is 54.4 Å². The molecule has 0 bridgehead atoms. The van der Waals surface area contributed by atoms with Gasteiger partial charge in [-0.25, -0.2) is 0 Å². The zero-order chi connectivity index (χ0) is 19.9. The van der Waals surface area contributed by atoms with Crippen LogP contribution in [0.4, 0.5) is 0 Å². The third-order valence-electron chi connectivity index (χ3n) is 3.18. The molecule has 4 rings (SSSR count). The van der Waals surface area contributed by atoms with Gasteiger partial charge in [0.1, 0.15) is 0 Å². The third kappa shape index (κ3) is 1.40. The van der Waals surface area contributed by atoms with Crippen LogP contribution < -0.4 is 5.46 Å². The highest BCUT2D eigenvalue weighted by atomic mass is 16.4. The van der Waals surface area contributed by atoms with Crippen molar-refractivity contribution >= 4 is 44.9 Å². The minimum atomic E-state index is -2.12. The molecular formula is C16H11BO2. The lowest BCUT2D eigenvalue weighted by atomic mass is 9.75. The molecule has 0 aromatic heterocycles. The average molecular weight is 254 g/mol. The highest BCUT2D eigenvalue weighted by molar-refractivity contribution is 6.63. The van der Waals surface area contributed by atoms with E-state index in [0.29, 0.717) is 0 Å². The molecule has 0 spiro atoms. The van der Waals surface area contributed by atoms with Crippen LogP contribution in [-0.4, -0.2) is 17.2 Å². The Hall–Kier alpha value is -2.10. The van der Waals surface area contributed by atoms with Crippen LogP contribution in [0.3, 0.4) is 0 Å². The van der Waals surface area contributed by atoms with Crippen molar-refractivity contribution in [1.82, 2.24) is 0 Å². The Morgan fingerprint density at radius 3 is 2.32 bits per heavy atom. The van der Waals surface area contributed by atoms with Gasteiger partial charge < -0.3 is 10.0 Å². The number of hydrogen-bond donors (Lipinski definition) is 2. The van der Waals surface area contributed by atoms with E-state index >= 15 is 0 Å². The maximum Gasteiger partial charge on any atom is 0.489 e. The van der Waals surface area contributed by atoms with Crippen molar-refractivity contribution in [3.8, 4) is 0 Å². The van der Waals surface area contributed by atoms with Gasteiger partial charge >= 0.3 is 7.12 Å². The predicted molar refractivity (Wildman–Crippen MR) is 80.0 cm³/mol. The monoisotopic (exact) mass is 254 g/mol. The lowest BCUT2D eigenvalue weighted by Crippen LogP contribution is -2.30. The minimum absolute atomic E-state index is 0.0496. The largest absolute Gasteiger partial charge is 0.489 e. The van der Waals surface area contributed by atoms with Gasteiger partial charge in [-0.05, 0) is 37.8 Å². The minimum Gasteiger partial charge on any atom is -0.423 e. The van der Waals surface area contributed by atoms with Crippen LogP contribution in [0, 0.1) is 0 Å². The maximum absolute atomic E-state index is 9.82. The molecule has 0 radical (unpaired) electrons. The Labute approximate surface area is 121 Å². The fraction of sp³-hybridized carbons (Fsp3) is 0. The zero-order valence-corrected chi connectivity index (χ0v) is 9.55. The maximum atomic E-state index is 9.82. The molecule has 2 N–H and O–H groups in total. The molecule has 0 saturated heterocycles. The molecular weight excluding hydrogens is 235 g/mol. The smallest absolute Gasteiger partial charge is 0.423 e. The van der Waals surface area contributed by atoms with E-state index in [1.807, 2.05) is 0 Å². The number of benzene rings is 4. The molecule has 19 heavy (non-hydrogen) atoms. The molecule has 0 fully saturated rings. The molecule has 0 unspecified atom stereocenters. The van der Waals surface area contributed by atoms with E-state index in [9.17, 15) is 10.0 Å².